The maximum Gasteiger partial charge on any atom is 0.225 e. The van der Waals surface area contributed by atoms with E-state index in [4.69, 9.17) is 5.73 Å². The van der Waals surface area contributed by atoms with E-state index >= 15 is 0 Å². The molecule has 19 heavy (non-hydrogen) atoms. The van der Waals surface area contributed by atoms with E-state index in [9.17, 15) is 4.79 Å². The molecule has 4 atom stereocenters. The molecule has 2 fully saturated rings. The van der Waals surface area contributed by atoms with Crippen LogP contribution in [0.1, 0.15) is 58.8 Å². The third-order valence-corrected chi connectivity index (χ3v) is 5.11. The van der Waals surface area contributed by atoms with Crippen LogP contribution in [0.15, 0.2) is 0 Å². The second kappa shape index (κ2) is 6.74. The number of hydrogen-bond acceptors (Lipinski definition) is 2. The number of amides is 1. The van der Waals surface area contributed by atoms with Gasteiger partial charge in [0.1, 0.15) is 0 Å². The van der Waals surface area contributed by atoms with Gasteiger partial charge in [-0.15, -0.1) is 0 Å². The van der Waals surface area contributed by atoms with Crippen LogP contribution in [0.25, 0.3) is 0 Å². The molecule has 0 aromatic carbocycles. The molecule has 1 saturated heterocycles. The van der Waals surface area contributed by atoms with Crippen LogP contribution < -0.4 is 5.73 Å². The van der Waals surface area contributed by atoms with Gasteiger partial charge in [-0.05, 0) is 57.4 Å². The van der Waals surface area contributed by atoms with Crippen molar-refractivity contribution in [3.63, 3.8) is 0 Å². The van der Waals surface area contributed by atoms with Gasteiger partial charge in [-0.1, -0.05) is 19.8 Å². The molecule has 0 aromatic heterocycles. The van der Waals surface area contributed by atoms with E-state index in [2.05, 4.69) is 18.7 Å². The lowest BCUT2D eigenvalue weighted by atomic mass is 9.78. The second-order valence-electron chi connectivity index (χ2n) is 6.83. The van der Waals surface area contributed by atoms with Crippen LogP contribution in [0.2, 0.25) is 0 Å². The average molecular weight is 266 g/mol. The molecule has 1 aliphatic carbocycles. The number of rotatable bonds is 3. The molecule has 4 unspecified atom stereocenters. The van der Waals surface area contributed by atoms with Crippen LogP contribution in [-0.2, 0) is 4.79 Å². The first-order chi connectivity index (χ1) is 9.11. The average Bonchev–Trinajstić information content (AvgIpc) is 2.41. The Labute approximate surface area is 117 Å². The highest BCUT2D eigenvalue weighted by Gasteiger charge is 2.34. The lowest BCUT2D eigenvalue weighted by molar-refractivity contribution is -0.141. The Kier molecular flexibility index (Phi) is 5.26. The molecule has 2 aliphatic rings. The molecule has 0 aromatic rings. The number of carbonyl (C=O) groups is 1. The van der Waals surface area contributed by atoms with Crippen molar-refractivity contribution >= 4 is 5.91 Å². The Balaban J connectivity index is 1.94. The Morgan fingerprint density at radius 1 is 1.21 bits per heavy atom. The Bertz CT molecular complexity index is 303. The van der Waals surface area contributed by atoms with Gasteiger partial charge in [-0.2, -0.15) is 0 Å². The Morgan fingerprint density at radius 3 is 2.74 bits per heavy atom. The van der Waals surface area contributed by atoms with E-state index in [-0.39, 0.29) is 5.92 Å². The van der Waals surface area contributed by atoms with Crippen molar-refractivity contribution in [1.82, 2.24) is 4.90 Å². The maximum absolute atomic E-state index is 12.8. The highest BCUT2D eigenvalue weighted by atomic mass is 16.2. The van der Waals surface area contributed by atoms with Gasteiger partial charge in [-0.3, -0.25) is 4.79 Å². The smallest absolute Gasteiger partial charge is 0.225 e. The van der Waals surface area contributed by atoms with E-state index in [1.807, 2.05) is 0 Å². The van der Waals surface area contributed by atoms with Gasteiger partial charge in [0.05, 0.1) is 0 Å². The summed E-state index contributed by atoms with van der Waals surface area (Å²) in [4.78, 5) is 14.9. The van der Waals surface area contributed by atoms with Gasteiger partial charge in [0.25, 0.3) is 0 Å². The molecular formula is C16H30N2O. The van der Waals surface area contributed by atoms with Crippen molar-refractivity contribution in [2.24, 2.45) is 23.5 Å². The lowest BCUT2D eigenvalue weighted by Crippen LogP contribution is -2.48. The highest BCUT2D eigenvalue weighted by Crippen LogP contribution is 2.33. The molecule has 0 bridgehead atoms. The monoisotopic (exact) mass is 266 g/mol. The van der Waals surface area contributed by atoms with E-state index in [0.29, 0.717) is 23.8 Å². The SMILES string of the molecule is CC1CCC(C)N(C(=O)C2CCCC(CCN)C2)C1. The minimum atomic E-state index is 0.276. The van der Waals surface area contributed by atoms with Crippen LogP contribution in [0.5, 0.6) is 0 Å². The largest absolute Gasteiger partial charge is 0.339 e. The molecule has 1 amide bonds. The summed E-state index contributed by atoms with van der Waals surface area (Å²) < 4.78 is 0. The summed E-state index contributed by atoms with van der Waals surface area (Å²) in [5.41, 5.74) is 5.67. The number of hydrogen-bond donors (Lipinski definition) is 1. The van der Waals surface area contributed by atoms with E-state index < -0.39 is 0 Å². The Morgan fingerprint density at radius 2 is 2.00 bits per heavy atom. The molecule has 110 valence electrons. The van der Waals surface area contributed by atoms with Crippen LogP contribution >= 0.6 is 0 Å². The molecular weight excluding hydrogens is 236 g/mol. The van der Waals surface area contributed by atoms with Crippen molar-refractivity contribution in [3.8, 4) is 0 Å². The normalized spacial score (nSPS) is 36.3. The lowest BCUT2D eigenvalue weighted by Gasteiger charge is -2.40. The van der Waals surface area contributed by atoms with E-state index in [0.717, 1.165) is 32.4 Å². The molecule has 1 heterocycles. The fraction of sp³-hybridized carbons (Fsp3) is 0.938. The maximum atomic E-state index is 12.8. The first-order valence-corrected chi connectivity index (χ1v) is 8.12. The predicted molar refractivity (Wildman–Crippen MR) is 78.7 cm³/mol. The minimum absolute atomic E-state index is 0.276. The summed E-state index contributed by atoms with van der Waals surface area (Å²) in [6, 6.07) is 0.443. The van der Waals surface area contributed by atoms with E-state index in [1.54, 1.807) is 0 Å². The third-order valence-electron chi connectivity index (χ3n) is 5.11. The van der Waals surface area contributed by atoms with Gasteiger partial charge in [-0.25, -0.2) is 0 Å². The van der Waals surface area contributed by atoms with Crippen molar-refractivity contribution in [2.45, 2.75) is 64.8 Å². The Hall–Kier alpha value is -0.570. The zero-order valence-corrected chi connectivity index (χ0v) is 12.6. The molecule has 2 rings (SSSR count). The zero-order valence-electron chi connectivity index (χ0n) is 12.6. The topological polar surface area (TPSA) is 46.3 Å². The second-order valence-corrected chi connectivity index (χ2v) is 6.83. The van der Waals surface area contributed by atoms with Gasteiger partial charge < -0.3 is 10.6 Å². The number of piperidine rings is 1. The standard InChI is InChI=1S/C16H30N2O/c1-12-6-7-13(2)18(11-12)16(19)15-5-3-4-14(10-15)8-9-17/h12-15H,3-11,17H2,1-2H3. The number of likely N-dealkylation sites (tertiary alicyclic amines) is 1. The van der Waals surface area contributed by atoms with Crippen LogP contribution in [-0.4, -0.2) is 29.9 Å². The third kappa shape index (κ3) is 3.71. The zero-order chi connectivity index (χ0) is 13.8. The molecule has 2 N–H and O–H groups in total. The quantitative estimate of drug-likeness (QED) is 0.854. The highest BCUT2D eigenvalue weighted by molar-refractivity contribution is 5.79. The summed E-state index contributed by atoms with van der Waals surface area (Å²) >= 11 is 0. The molecule has 1 aliphatic heterocycles. The molecule has 3 heteroatoms. The van der Waals surface area contributed by atoms with Crippen molar-refractivity contribution in [2.75, 3.05) is 13.1 Å². The summed E-state index contributed by atoms with van der Waals surface area (Å²) in [6.45, 7) is 6.22. The fourth-order valence-corrected chi connectivity index (χ4v) is 3.84. The van der Waals surface area contributed by atoms with Gasteiger partial charge in [0.2, 0.25) is 5.91 Å². The van der Waals surface area contributed by atoms with Crippen molar-refractivity contribution < 1.29 is 4.79 Å². The first kappa shape index (κ1) is 14.8. The molecule has 1 saturated carbocycles. The number of nitrogens with zero attached hydrogens (tertiary/aromatic N) is 1. The molecule has 3 nitrogen and oxygen atoms in total. The fourth-order valence-electron chi connectivity index (χ4n) is 3.84. The predicted octanol–water partition coefficient (Wildman–Crippen LogP) is 2.79. The molecule has 0 spiro atoms. The summed E-state index contributed by atoms with van der Waals surface area (Å²) in [7, 11) is 0. The van der Waals surface area contributed by atoms with E-state index in [1.165, 1.54) is 25.7 Å². The van der Waals surface area contributed by atoms with Crippen LogP contribution in [0.4, 0.5) is 0 Å². The number of nitrogens with two attached hydrogens (primary N) is 1. The summed E-state index contributed by atoms with van der Waals surface area (Å²) in [5.74, 6) is 2.06. The summed E-state index contributed by atoms with van der Waals surface area (Å²) in [5, 5.41) is 0. The van der Waals surface area contributed by atoms with Crippen molar-refractivity contribution in [1.29, 1.82) is 0 Å². The summed E-state index contributed by atoms with van der Waals surface area (Å²) in [6.07, 6.45) is 8.18. The first-order valence-electron chi connectivity index (χ1n) is 8.12. The van der Waals surface area contributed by atoms with Crippen LogP contribution in [0.3, 0.4) is 0 Å². The van der Waals surface area contributed by atoms with Gasteiger partial charge in [0, 0.05) is 18.5 Å². The van der Waals surface area contributed by atoms with Crippen LogP contribution in [0, 0.1) is 17.8 Å². The van der Waals surface area contributed by atoms with Gasteiger partial charge in [0.15, 0.2) is 0 Å². The molecule has 0 radical (unpaired) electrons. The minimum Gasteiger partial charge on any atom is -0.339 e. The van der Waals surface area contributed by atoms with Gasteiger partial charge >= 0.3 is 0 Å². The van der Waals surface area contributed by atoms with Crippen molar-refractivity contribution in [3.05, 3.63) is 0 Å². The number of carbonyl (C=O) groups excluding carboxylic acids is 1.